The fourth-order valence-electron chi connectivity index (χ4n) is 2.09. The molecule has 0 fully saturated rings. The van der Waals surface area contributed by atoms with Gasteiger partial charge in [0.1, 0.15) is 0 Å². The summed E-state index contributed by atoms with van der Waals surface area (Å²) in [5.41, 5.74) is 0. The van der Waals surface area contributed by atoms with Crippen LogP contribution in [0.25, 0.3) is 0 Å². The molecule has 0 heterocycles. The largest absolute Gasteiger partial charge is 0.234 e. The molecule has 0 saturated carbocycles. The highest BCUT2D eigenvalue weighted by Crippen LogP contribution is 2.40. The van der Waals surface area contributed by atoms with Crippen molar-refractivity contribution in [2.45, 2.75) is 19.6 Å². The highest BCUT2D eigenvalue weighted by atomic mass is 33.1. The van der Waals surface area contributed by atoms with Gasteiger partial charge in [0, 0.05) is 31.4 Å². The molecule has 4 nitrogen and oxygen atoms in total. The van der Waals surface area contributed by atoms with E-state index in [0.29, 0.717) is 31.4 Å². The van der Waals surface area contributed by atoms with Crippen molar-refractivity contribution in [2.75, 3.05) is 0 Å². The fourth-order valence-corrected chi connectivity index (χ4v) is 8.41. The molecule has 0 saturated heterocycles. The summed E-state index contributed by atoms with van der Waals surface area (Å²) in [6.07, 6.45) is 0. The van der Waals surface area contributed by atoms with Crippen LogP contribution in [-0.4, -0.2) is 16.8 Å². The van der Waals surface area contributed by atoms with E-state index in [0.717, 1.165) is 0 Å². The number of hydrogen-bond donors (Lipinski definition) is 0. The van der Waals surface area contributed by atoms with Crippen LogP contribution in [0.15, 0.2) is 105 Å². The quantitative estimate of drug-likeness (QED) is 0.539. The first kappa shape index (κ1) is 19.0. The molecule has 3 rings (SSSR count). The van der Waals surface area contributed by atoms with Crippen molar-refractivity contribution < 1.29 is 16.8 Å². The highest BCUT2D eigenvalue weighted by Gasteiger charge is 2.22. The van der Waals surface area contributed by atoms with Crippen LogP contribution in [0, 0.1) is 0 Å². The topological polar surface area (TPSA) is 68.3 Å². The third-order valence-electron chi connectivity index (χ3n) is 3.31. The van der Waals surface area contributed by atoms with Crippen LogP contribution in [-0.2, 0) is 17.7 Å². The van der Waals surface area contributed by atoms with Gasteiger partial charge in [-0.3, -0.25) is 0 Å². The summed E-state index contributed by atoms with van der Waals surface area (Å²) in [4.78, 5) is 1.10. The molecule has 0 aliphatic heterocycles. The van der Waals surface area contributed by atoms with E-state index in [1.807, 2.05) is 0 Å². The summed E-state index contributed by atoms with van der Waals surface area (Å²) in [6.45, 7) is 0. The maximum Gasteiger partial charge on any atom is 0.234 e. The minimum atomic E-state index is -3.65. The molecule has 0 N–H and O–H groups in total. The lowest BCUT2D eigenvalue weighted by atomic mass is 10.4. The van der Waals surface area contributed by atoms with Gasteiger partial charge in [0.15, 0.2) is 0 Å². The summed E-state index contributed by atoms with van der Waals surface area (Å²) < 4.78 is 50.4. The second kappa shape index (κ2) is 7.87. The lowest BCUT2D eigenvalue weighted by Crippen LogP contribution is -1.98. The van der Waals surface area contributed by atoms with Crippen LogP contribution in [0.5, 0.6) is 0 Å². The van der Waals surface area contributed by atoms with E-state index in [4.69, 9.17) is 0 Å². The average molecular weight is 423 g/mol. The van der Waals surface area contributed by atoms with Gasteiger partial charge in [0.25, 0.3) is 0 Å². The molecule has 0 aromatic heterocycles. The molecule has 0 aliphatic rings. The maximum atomic E-state index is 12.6. The number of hydrogen-bond acceptors (Lipinski definition) is 6. The molecule has 0 aliphatic carbocycles. The van der Waals surface area contributed by atoms with Gasteiger partial charge in [-0.05, 0) is 36.4 Å². The Labute approximate surface area is 160 Å². The van der Waals surface area contributed by atoms with Gasteiger partial charge < -0.3 is 0 Å². The molecule has 0 spiro atoms. The van der Waals surface area contributed by atoms with Gasteiger partial charge in [0.05, 0.1) is 9.79 Å². The summed E-state index contributed by atoms with van der Waals surface area (Å²) in [6, 6.07) is 22.7. The second-order valence-electron chi connectivity index (χ2n) is 5.15. The first-order valence-corrected chi connectivity index (χ1v) is 13.1. The molecule has 3 aromatic rings. The van der Waals surface area contributed by atoms with Gasteiger partial charge in [-0.1, -0.05) is 48.5 Å². The smallest absolute Gasteiger partial charge is 0.212 e. The average Bonchev–Trinajstić information content (AvgIpc) is 2.64. The Morgan fingerprint density at radius 1 is 0.462 bits per heavy atom. The minimum absolute atomic E-state index is 0.177. The van der Waals surface area contributed by atoms with Gasteiger partial charge in [-0.2, -0.15) is 0 Å². The Morgan fingerprint density at radius 3 is 1.12 bits per heavy atom. The van der Waals surface area contributed by atoms with E-state index in [-0.39, 0.29) is 9.79 Å². The number of benzene rings is 3. The zero-order chi connectivity index (χ0) is 18.6. The Bertz CT molecular complexity index is 1000. The molecule has 26 heavy (non-hydrogen) atoms. The van der Waals surface area contributed by atoms with Gasteiger partial charge >= 0.3 is 0 Å². The van der Waals surface area contributed by atoms with Gasteiger partial charge in [0.2, 0.25) is 17.7 Å². The van der Waals surface area contributed by atoms with E-state index in [1.165, 1.54) is 24.3 Å². The van der Waals surface area contributed by atoms with Crippen LogP contribution in [0.2, 0.25) is 0 Å². The molecule has 0 radical (unpaired) electrons. The normalized spacial score (nSPS) is 12.0. The van der Waals surface area contributed by atoms with Crippen molar-refractivity contribution in [1.29, 1.82) is 0 Å². The molecule has 0 atom stereocenters. The summed E-state index contributed by atoms with van der Waals surface area (Å²) in [7, 11) is -6.00. The van der Waals surface area contributed by atoms with Crippen LogP contribution >= 0.6 is 21.6 Å². The SMILES string of the molecule is O=S(=O)(Sc1ccccc1SS(=O)(=O)c1ccccc1)c1ccccc1. The highest BCUT2D eigenvalue weighted by molar-refractivity contribution is 8.73. The van der Waals surface area contributed by atoms with Crippen LogP contribution in [0.1, 0.15) is 0 Å². The molecule has 8 heteroatoms. The summed E-state index contributed by atoms with van der Waals surface area (Å²) >= 11 is 0. The van der Waals surface area contributed by atoms with Crippen molar-refractivity contribution in [3.63, 3.8) is 0 Å². The lowest BCUT2D eigenvalue weighted by molar-refractivity contribution is 0.608. The van der Waals surface area contributed by atoms with Crippen LogP contribution in [0.4, 0.5) is 0 Å². The first-order chi connectivity index (χ1) is 12.4. The maximum absolute atomic E-state index is 12.6. The Morgan fingerprint density at radius 2 is 0.769 bits per heavy atom. The summed E-state index contributed by atoms with van der Waals surface area (Å²) in [5.74, 6) is 0. The molecule has 134 valence electrons. The number of rotatable bonds is 6. The molecule has 0 unspecified atom stereocenters. The molecular formula is C18H14O4S4. The standard InChI is InChI=1S/C18H14O4S4/c19-25(20,15-9-3-1-4-10-15)23-17-13-7-8-14-18(17)24-26(21,22)16-11-5-2-6-12-16/h1-14H. The van der Waals surface area contributed by atoms with Crippen LogP contribution < -0.4 is 0 Å². The van der Waals surface area contributed by atoms with Gasteiger partial charge in [-0.25, -0.2) is 16.8 Å². The third kappa shape index (κ3) is 4.50. The van der Waals surface area contributed by atoms with Crippen molar-refractivity contribution in [3.05, 3.63) is 84.9 Å². The van der Waals surface area contributed by atoms with Crippen molar-refractivity contribution in [1.82, 2.24) is 0 Å². The van der Waals surface area contributed by atoms with E-state index in [2.05, 4.69) is 0 Å². The lowest BCUT2D eigenvalue weighted by Gasteiger charge is -2.09. The van der Waals surface area contributed by atoms with E-state index < -0.39 is 17.7 Å². The Kier molecular flexibility index (Phi) is 5.76. The fraction of sp³-hybridized carbons (Fsp3) is 0. The predicted octanol–water partition coefficient (Wildman–Crippen LogP) is 4.65. The predicted molar refractivity (Wildman–Crippen MR) is 105 cm³/mol. The summed E-state index contributed by atoms with van der Waals surface area (Å²) in [5, 5.41) is 0. The third-order valence-corrected chi connectivity index (χ3v) is 10.2. The first-order valence-electron chi connectivity index (χ1n) is 7.47. The van der Waals surface area contributed by atoms with Crippen LogP contribution in [0.3, 0.4) is 0 Å². The Hall–Kier alpha value is -1.74. The molecular weight excluding hydrogens is 408 g/mol. The van der Waals surface area contributed by atoms with Gasteiger partial charge in [-0.15, -0.1) is 0 Å². The molecule has 3 aromatic carbocycles. The molecule has 0 bridgehead atoms. The molecule has 0 amide bonds. The van der Waals surface area contributed by atoms with E-state index in [9.17, 15) is 16.8 Å². The zero-order valence-electron chi connectivity index (χ0n) is 13.3. The second-order valence-corrected chi connectivity index (χ2v) is 12.8. The Balaban J connectivity index is 1.92. The minimum Gasteiger partial charge on any atom is -0.212 e. The van der Waals surface area contributed by atoms with Crippen molar-refractivity contribution in [2.24, 2.45) is 0 Å². The monoisotopic (exact) mass is 422 g/mol. The van der Waals surface area contributed by atoms with Crippen molar-refractivity contribution in [3.8, 4) is 0 Å². The zero-order valence-corrected chi connectivity index (χ0v) is 16.6. The van der Waals surface area contributed by atoms with E-state index in [1.54, 1.807) is 60.7 Å². The van der Waals surface area contributed by atoms with E-state index >= 15 is 0 Å². The van der Waals surface area contributed by atoms with Crippen molar-refractivity contribution >= 4 is 39.3 Å².